The fraction of sp³-hybridized carbons (Fsp3) is 0.467. The first-order valence-electron chi connectivity index (χ1n) is 7.14. The SMILES string of the molecule is O=C(O)c1cc(OCC2CC2)c2nn(C3(F)CC3)cc2c1. The Morgan fingerprint density at radius 2 is 2.24 bits per heavy atom. The average Bonchev–Trinajstić information content (AvgIpc) is 3.36. The van der Waals surface area contributed by atoms with E-state index in [0.717, 1.165) is 12.8 Å². The van der Waals surface area contributed by atoms with Gasteiger partial charge in [-0.05, 0) is 30.9 Å². The largest absolute Gasteiger partial charge is 0.491 e. The van der Waals surface area contributed by atoms with Crippen LogP contribution in [0, 0.1) is 5.92 Å². The monoisotopic (exact) mass is 290 g/mol. The molecule has 2 fully saturated rings. The lowest BCUT2D eigenvalue weighted by molar-refractivity contribution is 0.0696. The standard InChI is InChI=1S/C15H15FN2O3/c16-15(3-4-15)18-7-11-5-10(14(19)20)6-12(13(11)17-18)21-8-9-1-2-9/h5-7,9H,1-4,8H2,(H,19,20). The van der Waals surface area contributed by atoms with Crippen LogP contribution in [-0.2, 0) is 5.79 Å². The summed E-state index contributed by atoms with van der Waals surface area (Å²) in [6, 6.07) is 2.99. The normalized spacial score (nSPS) is 19.7. The lowest BCUT2D eigenvalue weighted by Gasteiger charge is -2.07. The molecule has 1 N–H and O–H groups in total. The molecule has 110 valence electrons. The first kappa shape index (κ1) is 12.6. The lowest BCUT2D eigenvalue weighted by Crippen LogP contribution is -2.10. The molecule has 1 aromatic carbocycles. The number of alkyl halides is 1. The van der Waals surface area contributed by atoms with Gasteiger partial charge < -0.3 is 9.84 Å². The van der Waals surface area contributed by atoms with Crippen molar-refractivity contribution in [1.82, 2.24) is 9.78 Å². The smallest absolute Gasteiger partial charge is 0.335 e. The zero-order valence-corrected chi connectivity index (χ0v) is 11.4. The molecule has 0 aliphatic heterocycles. The third-order valence-corrected chi connectivity index (χ3v) is 4.07. The van der Waals surface area contributed by atoms with Crippen molar-refractivity contribution in [2.45, 2.75) is 31.5 Å². The number of hydrogen-bond donors (Lipinski definition) is 1. The van der Waals surface area contributed by atoms with Crippen LogP contribution in [0.15, 0.2) is 18.3 Å². The van der Waals surface area contributed by atoms with E-state index in [9.17, 15) is 14.3 Å². The molecule has 0 atom stereocenters. The zero-order chi connectivity index (χ0) is 14.6. The first-order chi connectivity index (χ1) is 10.0. The Balaban J connectivity index is 1.78. The van der Waals surface area contributed by atoms with E-state index in [-0.39, 0.29) is 5.56 Å². The number of hydrogen-bond acceptors (Lipinski definition) is 3. The van der Waals surface area contributed by atoms with Gasteiger partial charge in [0.2, 0.25) is 5.79 Å². The van der Waals surface area contributed by atoms with Gasteiger partial charge in [-0.15, -0.1) is 0 Å². The maximum absolute atomic E-state index is 14.1. The van der Waals surface area contributed by atoms with Crippen molar-refractivity contribution in [3.05, 3.63) is 23.9 Å². The minimum atomic E-state index is -1.41. The molecule has 4 rings (SSSR count). The van der Waals surface area contributed by atoms with E-state index in [1.807, 2.05) is 0 Å². The fourth-order valence-corrected chi connectivity index (χ4v) is 2.37. The van der Waals surface area contributed by atoms with Crippen molar-refractivity contribution in [3.63, 3.8) is 0 Å². The van der Waals surface area contributed by atoms with Crippen LogP contribution < -0.4 is 4.74 Å². The Bertz CT molecular complexity index is 732. The van der Waals surface area contributed by atoms with Gasteiger partial charge in [0, 0.05) is 24.4 Å². The van der Waals surface area contributed by atoms with Crippen LogP contribution in [0.4, 0.5) is 4.39 Å². The summed E-state index contributed by atoms with van der Waals surface area (Å²) in [6.45, 7) is 0.561. The van der Waals surface area contributed by atoms with Crippen LogP contribution in [0.25, 0.3) is 10.9 Å². The van der Waals surface area contributed by atoms with Crippen molar-refractivity contribution in [2.24, 2.45) is 5.92 Å². The number of fused-ring (bicyclic) bond motifs is 1. The molecule has 2 saturated carbocycles. The third kappa shape index (κ3) is 2.24. The minimum Gasteiger partial charge on any atom is -0.491 e. The van der Waals surface area contributed by atoms with Crippen LogP contribution in [0.3, 0.4) is 0 Å². The Hall–Kier alpha value is -2.11. The summed E-state index contributed by atoms with van der Waals surface area (Å²) in [5, 5.41) is 14.1. The molecule has 0 unspecified atom stereocenters. The number of aromatic carboxylic acids is 1. The summed E-state index contributed by atoms with van der Waals surface area (Å²) in [6.07, 6.45) is 4.75. The summed E-state index contributed by atoms with van der Waals surface area (Å²) in [5.74, 6) is -1.45. The Morgan fingerprint density at radius 3 is 2.86 bits per heavy atom. The summed E-state index contributed by atoms with van der Waals surface area (Å²) in [5.41, 5.74) is 0.668. The molecular formula is C15H15FN2O3. The molecule has 1 aromatic heterocycles. The van der Waals surface area contributed by atoms with E-state index in [2.05, 4.69) is 5.10 Å². The van der Waals surface area contributed by atoms with E-state index in [0.29, 0.717) is 42.0 Å². The Morgan fingerprint density at radius 1 is 1.48 bits per heavy atom. The molecule has 1 heterocycles. The van der Waals surface area contributed by atoms with Gasteiger partial charge >= 0.3 is 5.97 Å². The van der Waals surface area contributed by atoms with E-state index in [1.54, 1.807) is 6.20 Å². The number of nitrogens with zero attached hydrogens (tertiary/aromatic N) is 2. The van der Waals surface area contributed by atoms with Crippen molar-refractivity contribution >= 4 is 16.9 Å². The van der Waals surface area contributed by atoms with Gasteiger partial charge in [0.1, 0.15) is 11.3 Å². The predicted molar refractivity (Wildman–Crippen MR) is 73.2 cm³/mol. The molecule has 21 heavy (non-hydrogen) atoms. The van der Waals surface area contributed by atoms with Crippen molar-refractivity contribution < 1.29 is 19.0 Å². The maximum atomic E-state index is 14.1. The number of aromatic nitrogens is 2. The summed E-state index contributed by atoms with van der Waals surface area (Å²) in [7, 11) is 0. The number of ether oxygens (including phenoxy) is 1. The van der Waals surface area contributed by atoms with E-state index < -0.39 is 11.8 Å². The number of carboxylic acids is 1. The maximum Gasteiger partial charge on any atom is 0.335 e. The van der Waals surface area contributed by atoms with E-state index in [4.69, 9.17) is 4.74 Å². The Kier molecular flexibility index (Phi) is 2.52. The highest BCUT2D eigenvalue weighted by Crippen LogP contribution is 2.45. The average molecular weight is 290 g/mol. The molecule has 2 aliphatic carbocycles. The minimum absolute atomic E-state index is 0.136. The lowest BCUT2D eigenvalue weighted by atomic mass is 10.1. The number of rotatable bonds is 5. The molecule has 2 aliphatic rings. The van der Waals surface area contributed by atoms with Crippen LogP contribution in [0.2, 0.25) is 0 Å². The molecule has 5 nitrogen and oxygen atoms in total. The highest BCUT2D eigenvalue weighted by Gasteiger charge is 2.46. The molecule has 0 amide bonds. The van der Waals surface area contributed by atoms with E-state index >= 15 is 0 Å². The van der Waals surface area contributed by atoms with Gasteiger partial charge in [-0.1, -0.05) is 0 Å². The quantitative estimate of drug-likeness (QED) is 0.919. The van der Waals surface area contributed by atoms with Crippen LogP contribution in [0.1, 0.15) is 36.0 Å². The molecule has 2 aromatic rings. The number of benzene rings is 1. The molecule has 0 saturated heterocycles. The third-order valence-electron chi connectivity index (χ3n) is 4.07. The second kappa shape index (κ2) is 4.19. The highest BCUT2D eigenvalue weighted by atomic mass is 19.1. The topological polar surface area (TPSA) is 64.3 Å². The second-order valence-electron chi connectivity index (χ2n) is 5.96. The Labute approximate surface area is 120 Å². The zero-order valence-electron chi connectivity index (χ0n) is 11.4. The van der Waals surface area contributed by atoms with Crippen LogP contribution in [-0.4, -0.2) is 27.5 Å². The van der Waals surface area contributed by atoms with Gasteiger partial charge in [-0.25, -0.2) is 13.9 Å². The molecule has 0 spiro atoms. The molecule has 0 radical (unpaired) electrons. The van der Waals surface area contributed by atoms with Gasteiger partial charge in [0.05, 0.1) is 12.2 Å². The highest BCUT2D eigenvalue weighted by molar-refractivity contribution is 5.96. The summed E-state index contributed by atoms with van der Waals surface area (Å²) >= 11 is 0. The molecule has 0 bridgehead atoms. The van der Waals surface area contributed by atoms with Crippen LogP contribution in [0.5, 0.6) is 5.75 Å². The number of halogens is 1. The number of carbonyl (C=O) groups is 1. The van der Waals surface area contributed by atoms with Crippen molar-refractivity contribution in [1.29, 1.82) is 0 Å². The van der Waals surface area contributed by atoms with E-state index in [1.165, 1.54) is 16.8 Å². The van der Waals surface area contributed by atoms with Gasteiger partial charge in [0.15, 0.2) is 0 Å². The van der Waals surface area contributed by atoms with Crippen molar-refractivity contribution in [2.75, 3.05) is 6.61 Å². The van der Waals surface area contributed by atoms with Gasteiger partial charge in [-0.2, -0.15) is 5.10 Å². The fourth-order valence-electron chi connectivity index (χ4n) is 2.37. The van der Waals surface area contributed by atoms with Crippen molar-refractivity contribution in [3.8, 4) is 5.75 Å². The predicted octanol–water partition coefficient (Wildman–Crippen LogP) is 2.94. The van der Waals surface area contributed by atoms with Crippen LogP contribution >= 0.6 is 0 Å². The van der Waals surface area contributed by atoms with Gasteiger partial charge in [-0.3, -0.25) is 0 Å². The molecule has 6 heteroatoms. The summed E-state index contributed by atoms with van der Waals surface area (Å²) in [4.78, 5) is 11.2. The number of carboxylic acid groups (broad SMARTS) is 1. The molecular weight excluding hydrogens is 275 g/mol. The second-order valence-corrected chi connectivity index (χ2v) is 5.96. The first-order valence-corrected chi connectivity index (χ1v) is 7.14. The summed E-state index contributed by atoms with van der Waals surface area (Å²) < 4.78 is 21.1. The van der Waals surface area contributed by atoms with Gasteiger partial charge in [0.25, 0.3) is 0 Å².